The second kappa shape index (κ2) is 5.48. The van der Waals surface area contributed by atoms with Gasteiger partial charge in [0.05, 0.1) is 6.04 Å². The monoisotopic (exact) mass is 244 g/mol. The fourth-order valence-electron chi connectivity index (χ4n) is 2.15. The lowest BCUT2D eigenvalue weighted by Crippen LogP contribution is -2.26. The second-order valence-electron chi connectivity index (χ2n) is 4.46. The van der Waals surface area contributed by atoms with Gasteiger partial charge in [0.15, 0.2) is 5.17 Å². The average Bonchev–Trinajstić information content (AvgIpc) is 2.65. The van der Waals surface area contributed by atoms with E-state index in [-0.39, 0.29) is 0 Å². The van der Waals surface area contributed by atoms with Gasteiger partial charge in [-0.3, -0.25) is 4.99 Å². The molecule has 2 nitrogen and oxygen atoms in total. The SMILES string of the molecule is CSC1CCC(N=C2NC(C)CS2)CC1. The molecule has 1 aliphatic heterocycles. The molecule has 2 fully saturated rings. The van der Waals surface area contributed by atoms with Crippen molar-refractivity contribution in [3.8, 4) is 0 Å². The van der Waals surface area contributed by atoms with Crippen molar-refractivity contribution in [1.82, 2.24) is 5.32 Å². The smallest absolute Gasteiger partial charge is 0.157 e. The molecule has 1 aliphatic carbocycles. The van der Waals surface area contributed by atoms with Gasteiger partial charge in [0, 0.05) is 17.0 Å². The maximum atomic E-state index is 4.81. The fourth-order valence-corrected chi connectivity index (χ4v) is 3.89. The van der Waals surface area contributed by atoms with Gasteiger partial charge >= 0.3 is 0 Å². The van der Waals surface area contributed by atoms with E-state index in [1.807, 2.05) is 23.5 Å². The Labute approximate surface area is 101 Å². The third-order valence-electron chi connectivity index (χ3n) is 3.12. The molecular formula is C11H20N2S2. The van der Waals surface area contributed by atoms with Crippen molar-refractivity contribution in [1.29, 1.82) is 0 Å². The summed E-state index contributed by atoms with van der Waals surface area (Å²) >= 11 is 3.91. The topological polar surface area (TPSA) is 24.4 Å². The molecule has 0 bridgehead atoms. The molecule has 2 rings (SSSR count). The van der Waals surface area contributed by atoms with Crippen molar-refractivity contribution in [3.63, 3.8) is 0 Å². The van der Waals surface area contributed by atoms with Crippen molar-refractivity contribution >= 4 is 28.7 Å². The van der Waals surface area contributed by atoms with E-state index in [0.717, 1.165) is 5.25 Å². The van der Waals surface area contributed by atoms with Crippen molar-refractivity contribution in [3.05, 3.63) is 0 Å². The first-order valence-corrected chi connectivity index (χ1v) is 8.05. The molecule has 0 spiro atoms. The molecule has 0 radical (unpaired) electrons. The summed E-state index contributed by atoms with van der Waals surface area (Å²) < 4.78 is 0. The highest BCUT2D eigenvalue weighted by atomic mass is 32.2. The molecular weight excluding hydrogens is 224 g/mol. The number of aliphatic imine (C=N–C) groups is 1. The zero-order chi connectivity index (χ0) is 10.7. The maximum Gasteiger partial charge on any atom is 0.157 e. The van der Waals surface area contributed by atoms with E-state index < -0.39 is 0 Å². The Kier molecular flexibility index (Phi) is 4.26. The van der Waals surface area contributed by atoms with Gasteiger partial charge in [-0.05, 0) is 38.9 Å². The Morgan fingerprint density at radius 3 is 2.60 bits per heavy atom. The normalized spacial score (nSPS) is 39.3. The van der Waals surface area contributed by atoms with Gasteiger partial charge in [0.1, 0.15) is 0 Å². The molecule has 0 amide bonds. The van der Waals surface area contributed by atoms with Crippen LogP contribution in [0.2, 0.25) is 0 Å². The minimum absolute atomic E-state index is 0.591. The molecule has 1 saturated heterocycles. The first-order valence-electron chi connectivity index (χ1n) is 5.78. The van der Waals surface area contributed by atoms with Crippen LogP contribution in [0.4, 0.5) is 0 Å². The van der Waals surface area contributed by atoms with Gasteiger partial charge in [-0.2, -0.15) is 11.8 Å². The van der Waals surface area contributed by atoms with E-state index in [1.54, 1.807) is 0 Å². The van der Waals surface area contributed by atoms with Crippen molar-refractivity contribution in [2.75, 3.05) is 12.0 Å². The minimum atomic E-state index is 0.591. The number of thioether (sulfide) groups is 2. The molecule has 1 saturated carbocycles. The molecule has 1 N–H and O–H groups in total. The number of nitrogens with zero attached hydrogens (tertiary/aromatic N) is 1. The van der Waals surface area contributed by atoms with Crippen LogP contribution < -0.4 is 5.32 Å². The van der Waals surface area contributed by atoms with Crippen LogP contribution in [-0.4, -0.2) is 34.5 Å². The summed E-state index contributed by atoms with van der Waals surface area (Å²) in [6.07, 6.45) is 7.50. The van der Waals surface area contributed by atoms with E-state index in [2.05, 4.69) is 18.5 Å². The molecule has 2 aliphatic rings. The molecule has 4 heteroatoms. The number of nitrogens with one attached hydrogen (secondary N) is 1. The largest absolute Gasteiger partial charge is 0.362 e. The van der Waals surface area contributed by atoms with Crippen LogP contribution in [0.15, 0.2) is 4.99 Å². The molecule has 15 heavy (non-hydrogen) atoms. The van der Waals surface area contributed by atoms with Crippen LogP contribution in [0, 0.1) is 0 Å². The molecule has 0 aromatic carbocycles. The van der Waals surface area contributed by atoms with Crippen LogP contribution in [0.25, 0.3) is 0 Å². The fraction of sp³-hybridized carbons (Fsp3) is 0.909. The molecule has 86 valence electrons. The third kappa shape index (κ3) is 3.31. The Morgan fingerprint density at radius 1 is 1.33 bits per heavy atom. The van der Waals surface area contributed by atoms with Gasteiger partial charge in [-0.15, -0.1) is 0 Å². The molecule has 0 aromatic rings. The van der Waals surface area contributed by atoms with Crippen molar-refractivity contribution < 1.29 is 0 Å². The highest BCUT2D eigenvalue weighted by Gasteiger charge is 2.22. The summed E-state index contributed by atoms with van der Waals surface area (Å²) in [6.45, 7) is 2.22. The molecule has 1 unspecified atom stereocenters. The highest BCUT2D eigenvalue weighted by molar-refractivity contribution is 8.14. The summed E-state index contributed by atoms with van der Waals surface area (Å²) in [7, 11) is 0. The van der Waals surface area contributed by atoms with Crippen LogP contribution in [0.5, 0.6) is 0 Å². The lowest BCUT2D eigenvalue weighted by molar-refractivity contribution is 0.452. The van der Waals surface area contributed by atoms with E-state index >= 15 is 0 Å². The Morgan fingerprint density at radius 2 is 2.07 bits per heavy atom. The zero-order valence-corrected chi connectivity index (χ0v) is 11.2. The van der Waals surface area contributed by atoms with E-state index in [9.17, 15) is 0 Å². The predicted molar refractivity (Wildman–Crippen MR) is 72.0 cm³/mol. The minimum Gasteiger partial charge on any atom is -0.362 e. The Balaban J connectivity index is 1.81. The Hall–Kier alpha value is 0.170. The van der Waals surface area contributed by atoms with Gasteiger partial charge in [0.25, 0.3) is 0 Å². The highest BCUT2D eigenvalue weighted by Crippen LogP contribution is 2.29. The van der Waals surface area contributed by atoms with E-state index in [4.69, 9.17) is 4.99 Å². The lowest BCUT2D eigenvalue weighted by Gasteiger charge is -2.25. The molecule has 1 heterocycles. The quantitative estimate of drug-likeness (QED) is 0.808. The maximum absolute atomic E-state index is 4.81. The standard InChI is InChI=1S/C11H20N2S2/c1-8-7-15-11(12-8)13-9-3-5-10(14-2)6-4-9/h8-10H,3-7H2,1-2H3,(H,12,13). The first kappa shape index (κ1) is 11.6. The Bertz CT molecular complexity index is 235. The number of amidine groups is 1. The third-order valence-corrected chi connectivity index (χ3v) is 5.42. The predicted octanol–water partition coefficient (Wildman–Crippen LogP) is 2.74. The number of rotatable bonds is 2. The van der Waals surface area contributed by atoms with Crippen LogP contribution in [0.1, 0.15) is 32.6 Å². The lowest BCUT2D eigenvalue weighted by atomic mass is 9.95. The average molecular weight is 244 g/mol. The second-order valence-corrected chi connectivity index (χ2v) is 6.60. The van der Waals surface area contributed by atoms with Crippen molar-refractivity contribution in [2.45, 2.75) is 49.9 Å². The van der Waals surface area contributed by atoms with Gasteiger partial charge in [-0.1, -0.05) is 11.8 Å². The van der Waals surface area contributed by atoms with Gasteiger partial charge in [0.2, 0.25) is 0 Å². The first-order chi connectivity index (χ1) is 7.28. The summed E-state index contributed by atoms with van der Waals surface area (Å²) in [5.74, 6) is 1.18. The van der Waals surface area contributed by atoms with Gasteiger partial charge in [-0.25, -0.2) is 0 Å². The zero-order valence-electron chi connectivity index (χ0n) is 9.53. The van der Waals surface area contributed by atoms with Crippen molar-refractivity contribution in [2.24, 2.45) is 4.99 Å². The summed E-state index contributed by atoms with van der Waals surface area (Å²) in [6, 6.07) is 1.20. The molecule has 0 aromatic heterocycles. The summed E-state index contributed by atoms with van der Waals surface area (Å²) in [5, 5.41) is 5.52. The van der Waals surface area contributed by atoms with Crippen LogP contribution in [0.3, 0.4) is 0 Å². The summed E-state index contributed by atoms with van der Waals surface area (Å²) in [4.78, 5) is 4.81. The van der Waals surface area contributed by atoms with Gasteiger partial charge < -0.3 is 5.32 Å². The molecule has 1 atom stereocenters. The van der Waals surface area contributed by atoms with Crippen LogP contribution in [-0.2, 0) is 0 Å². The van der Waals surface area contributed by atoms with E-state index in [1.165, 1.54) is 36.6 Å². The van der Waals surface area contributed by atoms with Crippen LogP contribution >= 0.6 is 23.5 Å². The summed E-state index contributed by atoms with van der Waals surface area (Å²) in [5.41, 5.74) is 0. The number of hydrogen-bond donors (Lipinski definition) is 1. The number of hydrogen-bond acceptors (Lipinski definition) is 3. The van der Waals surface area contributed by atoms with E-state index in [0.29, 0.717) is 12.1 Å².